The molecule has 1 saturated heterocycles. The fourth-order valence-corrected chi connectivity index (χ4v) is 3.36. The molecule has 21 heavy (non-hydrogen) atoms. The van der Waals surface area contributed by atoms with E-state index in [0.29, 0.717) is 0 Å². The minimum absolute atomic E-state index is 0.0210. The van der Waals surface area contributed by atoms with Crippen LogP contribution in [0.2, 0.25) is 0 Å². The summed E-state index contributed by atoms with van der Waals surface area (Å²) in [6, 6.07) is 8.60. The topological polar surface area (TPSA) is 35.6 Å². The molecule has 1 aromatic carbocycles. The number of amides is 1. The van der Waals surface area contributed by atoms with E-state index in [1.54, 1.807) is 4.90 Å². The second-order valence-corrected chi connectivity index (χ2v) is 6.82. The third-order valence-electron chi connectivity index (χ3n) is 3.75. The van der Waals surface area contributed by atoms with E-state index >= 15 is 0 Å². The molecular formula is C16H25N3OS. The number of carbonyl (C=O) groups excluding carboxylic acids is 1. The van der Waals surface area contributed by atoms with E-state index < -0.39 is 0 Å². The maximum Gasteiger partial charge on any atom is 0.240 e. The minimum atomic E-state index is -0.0210. The van der Waals surface area contributed by atoms with Gasteiger partial charge >= 0.3 is 0 Å². The Morgan fingerprint density at radius 1 is 1.38 bits per heavy atom. The highest BCUT2D eigenvalue weighted by Crippen LogP contribution is 2.19. The maximum absolute atomic E-state index is 12.2. The van der Waals surface area contributed by atoms with Gasteiger partial charge in [-0.3, -0.25) is 9.69 Å². The van der Waals surface area contributed by atoms with E-state index in [1.807, 2.05) is 25.9 Å². The Bertz CT molecular complexity index is 461. The first-order valence-electron chi connectivity index (χ1n) is 7.43. The molecule has 1 aromatic rings. The Hall–Kier alpha value is -1.04. The smallest absolute Gasteiger partial charge is 0.240 e. The van der Waals surface area contributed by atoms with E-state index in [-0.39, 0.29) is 11.9 Å². The van der Waals surface area contributed by atoms with Crippen molar-refractivity contribution in [3.05, 3.63) is 29.8 Å². The Morgan fingerprint density at radius 3 is 2.76 bits per heavy atom. The van der Waals surface area contributed by atoms with Crippen molar-refractivity contribution in [2.45, 2.75) is 17.9 Å². The molecular weight excluding hydrogens is 282 g/mol. The van der Waals surface area contributed by atoms with Gasteiger partial charge in [0.05, 0.1) is 0 Å². The number of likely N-dealkylation sites (N-methyl/N-ethyl adjacent to an activating group) is 1. The quantitative estimate of drug-likeness (QED) is 0.835. The Labute approximate surface area is 131 Å². The number of nitrogens with one attached hydrogen (secondary N) is 1. The van der Waals surface area contributed by atoms with Crippen LogP contribution in [-0.4, -0.2) is 67.8 Å². The fourth-order valence-electron chi connectivity index (χ4n) is 2.47. The van der Waals surface area contributed by atoms with Crippen molar-refractivity contribution in [2.75, 3.05) is 46.0 Å². The van der Waals surface area contributed by atoms with Gasteiger partial charge in [-0.25, -0.2) is 0 Å². The summed E-state index contributed by atoms with van der Waals surface area (Å²) >= 11 is 1.86. The first-order chi connectivity index (χ1) is 10.1. The van der Waals surface area contributed by atoms with E-state index in [2.05, 4.69) is 41.4 Å². The Morgan fingerprint density at radius 2 is 2.10 bits per heavy atom. The van der Waals surface area contributed by atoms with Crippen molar-refractivity contribution in [1.82, 2.24) is 15.1 Å². The molecule has 1 fully saturated rings. The minimum Gasteiger partial charge on any atom is -0.347 e. The van der Waals surface area contributed by atoms with Crippen molar-refractivity contribution < 1.29 is 4.79 Å². The number of carbonyl (C=O) groups is 1. The highest BCUT2D eigenvalue weighted by atomic mass is 32.2. The zero-order valence-electron chi connectivity index (χ0n) is 13.1. The molecule has 0 bridgehead atoms. The van der Waals surface area contributed by atoms with Gasteiger partial charge in [-0.15, -0.1) is 11.8 Å². The van der Waals surface area contributed by atoms with Crippen molar-refractivity contribution in [3.8, 4) is 0 Å². The summed E-state index contributed by atoms with van der Waals surface area (Å²) < 4.78 is 0. The molecule has 0 aromatic heterocycles. The molecule has 0 radical (unpaired) electrons. The molecule has 0 spiro atoms. The molecule has 1 atom stereocenters. The highest BCUT2D eigenvalue weighted by molar-refractivity contribution is 7.99. The van der Waals surface area contributed by atoms with Crippen LogP contribution in [0.1, 0.15) is 5.56 Å². The fraction of sp³-hybridized carbons (Fsp3) is 0.562. The van der Waals surface area contributed by atoms with Crippen LogP contribution in [0.3, 0.4) is 0 Å². The van der Waals surface area contributed by atoms with Gasteiger partial charge in [0, 0.05) is 50.9 Å². The van der Waals surface area contributed by atoms with Crippen LogP contribution in [0, 0.1) is 6.92 Å². The van der Waals surface area contributed by atoms with Gasteiger partial charge in [0.1, 0.15) is 6.04 Å². The molecule has 1 aliphatic heterocycles. The molecule has 0 aliphatic carbocycles. The van der Waals surface area contributed by atoms with Crippen molar-refractivity contribution in [1.29, 1.82) is 0 Å². The number of nitrogens with zero attached hydrogens (tertiary/aromatic N) is 2. The lowest BCUT2D eigenvalue weighted by Gasteiger charge is -2.36. The standard InChI is InChI=1S/C16H25N3OS/c1-13-4-6-14(7-5-13)21-11-10-19-9-8-17-12-15(19)16(20)18(2)3/h4-7,15,17H,8-12H2,1-3H3. The number of thioether (sulfide) groups is 1. The average molecular weight is 307 g/mol. The first kappa shape index (κ1) is 16.3. The molecule has 1 aliphatic rings. The Kier molecular flexibility index (Phi) is 6.08. The number of hydrogen-bond acceptors (Lipinski definition) is 4. The van der Waals surface area contributed by atoms with Gasteiger partial charge in [0.25, 0.3) is 0 Å². The summed E-state index contributed by atoms with van der Waals surface area (Å²) in [5, 5.41) is 3.32. The van der Waals surface area contributed by atoms with Gasteiger partial charge in [-0.2, -0.15) is 0 Å². The predicted molar refractivity (Wildman–Crippen MR) is 88.8 cm³/mol. The summed E-state index contributed by atoms with van der Waals surface area (Å²) in [7, 11) is 3.66. The molecule has 4 nitrogen and oxygen atoms in total. The third-order valence-corrected chi connectivity index (χ3v) is 4.74. The zero-order chi connectivity index (χ0) is 15.2. The first-order valence-corrected chi connectivity index (χ1v) is 8.42. The second kappa shape index (κ2) is 7.82. The molecule has 1 heterocycles. The molecule has 1 unspecified atom stereocenters. The number of benzene rings is 1. The summed E-state index contributed by atoms with van der Waals surface area (Å²) in [6.07, 6.45) is 0. The molecule has 1 amide bonds. The zero-order valence-corrected chi connectivity index (χ0v) is 13.9. The molecule has 2 rings (SSSR count). The lowest BCUT2D eigenvalue weighted by molar-refractivity contribution is -0.134. The SMILES string of the molecule is Cc1ccc(SCCN2CCNCC2C(=O)N(C)C)cc1. The largest absolute Gasteiger partial charge is 0.347 e. The summed E-state index contributed by atoms with van der Waals surface area (Å²) in [5.41, 5.74) is 1.29. The lowest BCUT2D eigenvalue weighted by atomic mass is 10.1. The molecule has 1 N–H and O–H groups in total. The number of hydrogen-bond donors (Lipinski definition) is 1. The number of rotatable bonds is 5. The normalized spacial score (nSPS) is 19.5. The van der Waals surface area contributed by atoms with Crippen LogP contribution in [-0.2, 0) is 4.79 Å². The van der Waals surface area contributed by atoms with Gasteiger partial charge in [-0.05, 0) is 19.1 Å². The van der Waals surface area contributed by atoms with Crippen molar-refractivity contribution >= 4 is 17.7 Å². The molecule has 0 saturated carbocycles. The van der Waals surface area contributed by atoms with Gasteiger partial charge in [0.2, 0.25) is 5.91 Å². The average Bonchev–Trinajstić information content (AvgIpc) is 2.49. The van der Waals surface area contributed by atoms with Crippen molar-refractivity contribution in [2.24, 2.45) is 0 Å². The summed E-state index contributed by atoms with van der Waals surface area (Å²) in [4.78, 5) is 17.5. The summed E-state index contributed by atoms with van der Waals surface area (Å²) in [6.45, 7) is 5.72. The summed E-state index contributed by atoms with van der Waals surface area (Å²) in [5.74, 6) is 1.21. The van der Waals surface area contributed by atoms with E-state index in [1.165, 1.54) is 10.5 Å². The number of aryl methyl sites for hydroxylation is 1. The van der Waals surface area contributed by atoms with Crippen LogP contribution in [0.15, 0.2) is 29.2 Å². The van der Waals surface area contributed by atoms with Gasteiger partial charge in [-0.1, -0.05) is 17.7 Å². The number of piperazine rings is 1. The van der Waals surface area contributed by atoms with E-state index in [9.17, 15) is 4.79 Å². The van der Waals surface area contributed by atoms with Crippen molar-refractivity contribution in [3.63, 3.8) is 0 Å². The van der Waals surface area contributed by atoms with E-state index in [0.717, 1.165) is 31.9 Å². The van der Waals surface area contributed by atoms with Crippen LogP contribution >= 0.6 is 11.8 Å². The lowest BCUT2D eigenvalue weighted by Crippen LogP contribution is -2.57. The highest BCUT2D eigenvalue weighted by Gasteiger charge is 2.29. The van der Waals surface area contributed by atoms with Gasteiger partial charge < -0.3 is 10.2 Å². The van der Waals surface area contributed by atoms with Crippen LogP contribution in [0.4, 0.5) is 0 Å². The monoisotopic (exact) mass is 307 g/mol. The molecule has 116 valence electrons. The predicted octanol–water partition coefficient (Wildman–Crippen LogP) is 1.45. The molecule has 5 heteroatoms. The van der Waals surface area contributed by atoms with E-state index in [4.69, 9.17) is 0 Å². The Balaban J connectivity index is 1.85. The third kappa shape index (κ3) is 4.73. The van der Waals surface area contributed by atoms with Gasteiger partial charge in [0.15, 0.2) is 0 Å². The maximum atomic E-state index is 12.2. The second-order valence-electron chi connectivity index (χ2n) is 5.65. The van der Waals surface area contributed by atoms with Crippen LogP contribution in [0.25, 0.3) is 0 Å². The van der Waals surface area contributed by atoms with Crippen LogP contribution < -0.4 is 5.32 Å². The van der Waals surface area contributed by atoms with Crippen LogP contribution in [0.5, 0.6) is 0 Å².